The minimum Gasteiger partial charge on any atom is -0.469 e. The topological polar surface area (TPSA) is 71.7 Å². The maximum atomic E-state index is 11.3. The summed E-state index contributed by atoms with van der Waals surface area (Å²) in [4.78, 5) is 21.4. The molecule has 1 atom stereocenters. The number of methoxy groups -OCH3 is 1. The predicted molar refractivity (Wildman–Crippen MR) is 90.6 cm³/mol. The largest absolute Gasteiger partial charge is 0.469 e. The average molecular weight is 350 g/mol. The van der Waals surface area contributed by atoms with Crippen LogP contribution in [-0.2, 0) is 16.1 Å². The summed E-state index contributed by atoms with van der Waals surface area (Å²) in [5, 5.41) is 6.06. The Bertz CT molecular complexity index is 658. The minimum absolute atomic E-state index is 0.156. The van der Waals surface area contributed by atoms with Gasteiger partial charge in [-0.2, -0.15) is 4.98 Å². The molecule has 0 aliphatic carbocycles. The molecular formula is C16H22N4O3S. The van der Waals surface area contributed by atoms with Crippen molar-refractivity contribution in [2.75, 3.05) is 33.3 Å². The standard InChI is InChI=1S/C16H22N4O3S/c1-12-10-19(6-5-15(21)22-2)7-8-20(12)11-14-17-16(18-23-14)13-4-3-9-24-13/h3-4,9,12H,5-8,10-11H2,1-2H3. The third-order valence-corrected chi connectivity index (χ3v) is 5.12. The second-order valence-electron chi connectivity index (χ2n) is 5.94. The molecule has 0 radical (unpaired) electrons. The van der Waals surface area contributed by atoms with Gasteiger partial charge in [-0.15, -0.1) is 11.3 Å². The summed E-state index contributed by atoms with van der Waals surface area (Å²) in [7, 11) is 1.43. The van der Waals surface area contributed by atoms with E-state index in [4.69, 9.17) is 9.26 Å². The molecule has 0 amide bonds. The Morgan fingerprint density at radius 3 is 3.08 bits per heavy atom. The summed E-state index contributed by atoms with van der Waals surface area (Å²) in [5.41, 5.74) is 0. The smallest absolute Gasteiger partial charge is 0.306 e. The molecule has 0 aromatic carbocycles. The maximum absolute atomic E-state index is 11.3. The summed E-state index contributed by atoms with van der Waals surface area (Å²) in [6, 6.07) is 4.33. The van der Waals surface area contributed by atoms with Crippen molar-refractivity contribution in [3.63, 3.8) is 0 Å². The van der Waals surface area contributed by atoms with E-state index in [0.717, 1.165) is 31.1 Å². The van der Waals surface area contributed by atoms with Gasteiger partial charge in [0.1, 0.15) is 0 Å². The van der Waals surface area contributed by atoms with Gasteiger partial charge in [0.25, 0.3) is 0 Å². The van der Waals surface area contributed by atoms with Crippen LogP contribution in [0.5, 0.6) is 0 Å². The highest BCUT2D eigenvalue weighted by Crippen LogP contribution is 2.22. The number of aromatic nitrogens is 2. The van der Waals surface area contributed by atoms with Crippen molar-refractivity contribution in [3.8, 4) is 10.7 Å². The molecule has 0 bridgehead atoms. The Morgan fingerprint density at radius 1 is 1.50 bits per heavy atom. The number of carbonyl (C=O) groups excluding carboxylic acids is 1. The molecule has 24 heavy (non-hydrogen) atoms. The van der Waals surface area contributed by atoms with Crippen LogP contribution in [0.25, 0.3) is 10.7 Å². The van der Waals surface area contributed by atoms with E-state index in [2.05, 4.69) is 26.9 Å². The van der Waals surface area contributed by atoms with Gasteiger partial charge in [0.05, 0.1) is 25.0 Å². The lowest BCUT2D eigenvalue weighted by molar-refractivity contribution is -0.141. The second-order valence-corrected chi connectivity index (χ2v) is 6.88. The van der Waals surface area contributed by atoms with Crippen molar-refractivity contribution in [1.29, 1.82) is 0 Å². The van der Waals surface area contributed by atoms with Crippen LogP contribution in [0.3, 0.4) is 0 Å². The van der Waals surface area contributed by atoms with Gasteiger partial charge < -0.3 is 9.26 Å². The normalized spacial score (nSPS) is 19.5. The van der Waals surface area contributed by atoms with Gasteiger partial charge in [0.15, 0.2) is 0 Å². The van der Waals surface area contributed by atoms with Crippen LogP contribution >= 0.6 is 11.3 Å². The molecule has 0 spiro atoms. The molecule has 1 aliphatic rings. The van der Waals surface area contributed by atoms with Gasteiger partial charge in [0, 0.05) is 32.2 Å². The van der Waals surface area contributed by atoms with Crippen molar-refractivity contribution in [2.24, 2.45) is 0 Å². The van der Waals surface area contributed by atoms with Crippen LogP contribution in [-0.4, -0.2) is 65.2 Å². The molecule has 0 saturated carbocycles. The number of esters is 1. The highest BCUT2D eigenvalue weighted by Gasteiger charge is 2.25. The van der Waals surface area contributed by atoms with Gasteiger partial charge in [0.2, 0.25) is 11.7 Å². The van der Waals surface area contributed by atoms with Crippen molar-refractivity contribution in [2.45, 2.75) is 25.9 Å². The van der Waals surface area contributed by atoms with E-state index < -0.39 is 0 Å². The highest BCUT2D eigenvalue weighted by molar-refractivity contribution is 7.13. The lowest BCUT2D eigenvalue weighted by Gasteiger charge is -2.39. The van der Waals surface area contributed by atoms with E-state index >= 15 is 0 Å². The zero-order chi connectivity index (χ0) is 16.9. The Balaban J connectivity index is 1.51. The number of hydrogen-bond acceptors (Lipinski definition) is 8. The molecule has 8 heteroatoms. The summed E-state index contributed by atoms with van der Waals surface area (Å²) >= 11 is 1.60. The third-order valence-electron chi connectivity index (χ3n) is 4.26. The lowest BCUT2D eigenvalue weighted by Crippen LogP contribution is -2.51. The van der Waals surface area contributed by atoms with Crippen LogP contribution in [0.1, 0.15) is 19.2 Å². The van der Waals surface area contributed by atoms with E-state index in [1.165, 1.54) is 7.11 Å². The zero-order valence-corrected chi connectivity index (χ0v) is 14.8. The first kappa shape index (κ1) is 17.1. The van der Waals surface area contributed by atoms with E-state index in [9.17, 15) is 4.79 Å². The molecule has 3 heterocycles. The number of rotatable bonds is 6. The molecule has 1 fully saturated rings. The van der Waals surface area contributed by atoms with Gasteiger partial charge >= 0.3 is 5.97 Å². The van der Waals surface area contributed by atoms with E-state index in [-0.39, 0.29) is 5.97 Å². The number of carbonyl (C=O) groups is 1. The number of piperazine rings is 1. The van der Waals surface area contributed by atoms with Crippen LogP contribution in [0.4, 0.5) is 0 Å². The van der Waals surface area contributed by atoms with Crippen LogP contribution in [0.2, 0.25) is 0 Å². The van der Waals surface area contributed by atoms with Crippen molar-refractivity contribution in [1.82, 2.24) is 19.9 Å². The first-order valence-electron chi connectivity index (χ1n) is 8.05. The van der Waals surface area contributed by atoms with Crippen molar-refractivity contribution in [3.05, 3.63) is 23.4 Å². The van der Waals surface area contributed by atoms with Gasteiger partial charge in [-0.25, -0.2) is 0 Å². The lowest BCUT2D eigenvalue weighted by atomic mass is 10.2. The third kappa shape index (κ3) is 4.19. The summed E-state index contributed by atoms with van der Waals surface area (Å²) in [5.74, 6) is 1.15. The fourth-order valence-corrected chi connectivity index (χ4v) is 3.51. The van der Waals surface area contributed by atoms with E-state index in [1.54, 1.807) is 11.3 Å². The second kappa shape index (κ2) is 7.87. The number of ether oxygens (including phenoxy) is 1. The number of hydrogen-bond donors (Lipinski definition) is 0. The Morgan fingerprint density at radius 2 is 2.38 bits per heavy atom. The van der Waals surface area contributed by atoms with E-state index in [1.807, 2.05) is 17.5 Å². The molecule has 3 rings (SSSR count). The average Bonchev–Trinajstić information content (AvgIpc) is 3.26. The molecule has 2 aromatic heterocycles. The predicted octanol–water partition coefficient (Wildman–Crippen LogP) is 1.87. The fourth-order valence-electron chi connectivity index (χ4n) is 2.86. The fraction of sp³-hybridized carbons (Fsp3) is 0.562. The summed E-state index contributed by atoms with van der Waals surface area (Å²) < 4.78 is 10.1. The molecule has 7 nitrogen and oxygen atoms in total. The molecular weight excluding hydrogens is 328 g/mol. The summed E-state index contributed by atoms with van der Waals surface area (Å²) in [6.45, 7) is 6.34. The van der Waals surface area contributed by atoms with Gasteiger partial charge in [-0.05, 0) is 18.4 Å². The highest BCUT2D eigenvalue weighted by atomic mass is 32.1. The van der Waals surface area contributed by atoms with Crippen LogP contribution in [0, 0.1) is 0 Å². The number of nitrogens with zero attached hydrogens (tertiary/aromatic N) is 4. The Kier molecular flexibility index (Phi) is 5.60. The first-order chi connectivity index (χ1) is 11.7. The van der Waals surface area contributed by atoms with E-state index in [0.29, 0.717) is 30.7 Å². The SMILES string of the molecule is COC(=O)CCN1CCN(Cc2nc(-c3cccs3)no2)C(C)C1. The Labute approximate surface area is 145 Å². The molecule has 1 aliphatic heterocycles. The first-order valence-corrected chi connectivity index (χ1v) is 8.93. The molecule has 1 unspecified atom stereocenters. The van der Waals surface area contributed by atoms with Crippen LogP contribution in [0.15, 0.2) is 22.0 Å². The molecule has 1 saturated heterocycles. The van der Waals surface area contributed by atoms with Crippen molar-refractivity contribution >= 4 is 17.3 Å². The quantitative estimate of drug-likeness (QED) is 0.737. The minimum atomic E-state index is -0.156. The van der Waals surface area contributed by atoms with Gasteiger partial charge in [-0.3, -0.25) is 14.6 Å². The van der Waals surface area contributed by atoms with Crippen LogP contribution < -0.4 is 0 Å². The summed E-state index contributed by atoms with van der Waals surface area (Å²) in [6.07, 6.45) is 0.442. The zero-order valence-electron chi connectivity index (χ0n) is 14.0. The van der Waals surface area contributed by atoms with Gasteiger partial charge in [-0.1, -0.05) is 11.2 Å². The maximum Gasteiger partial charge on any atom is 0.306 e. The molecule has 2 aromatic rings. The molecule has 0 N–H and O–H groups in total. The molecule has 130 valence electrons. The Hall–Kier alpha value is -1.77. The number of thiophene rings is 1. The monoisotopic (exact) mass is 350 g/mol. The van der Waals surface area contributed by atoms with Crippen molar-refractivity contribution < 1.29 is 14.1 Å².